The Morgan fingerprint density at radius 3 is 2.94 bits per heavy atom. The summed E-state index contributed by atoms with van der Waals surface area (Å²) in [6.45, 7) is 7.12. The molecule has 0 saturated carbocycles. The summed E-state index contributed by atoms with van der Waals surface area (Å²) in [6, 6.07) is 0.441. The van der Waals surface area contributed by atoms with Crippen molar-refractivity contribution in [3.05, 3.63) is 0 Å². The summed E-state index contributed by atoms with van der Waals surface area (Å²) in [7, 11) is 0. The van der Waals surface area contributed by atoms with Crippen LogP contribution in [0.5, 0.6) is 0 Å². The molecular weight excluding hydrogens is 216 g/mol. The van der Waals surface area contributed by atoms with Gasteiger partial charge in [0.15, 0.2) is 0 Å². The van der Waals surface area contributed by atoms with Crippen LogP contribution < -0.4 is 0 Å². The van der Waals surface area contributed by atoms with E-state index in [1.807, 2.05) is 4.90 Å². The van der Waals surface area contributed by atoms with E-state index in [0.29, 0.717) is 18.6 Å². The molecule has 0 aromatic heterocycles. The van der Waals surface area contributed by atoms with Crippen molar-refractivity contribution in [2.75, 3.05) is 32.8 Å². The highest BCUT2D eigenvalue weighted by Crippen LogP contribution is 2.41. The van der Waals surface area contributed by atoms with Gasteiger partial charge in [0.25, 0.3) is 0 Å². The Kier molecular flexibility index (Phi) is 2.99. The second-order valence-electron chi connectivity index (χ2n) is 5.66. The monoisotopic (exact) mass is 238 g/mol. The molecule has 4 heterocycles. The van der Waals surface area contributed by atoms with Gasteiger partial charge in [0.1, 0.15) is 0 Å². The third-order valence-electron chi connectivity index (χ3n) is 4.61. The van der Waals surface area contributed by atoms with Gasteiger partial charge in [0.2, 0.25) is 0 Å². The molecule has 96 valence electrons. The first-order valence-corrected chi connectivity index (χ1v) is 6.95. The first-order valence-electron chi connectivity index (χ1n) is 6.95. The van der Waals surface area contributed by atoms with Gasteiger partial charge in [0.05, 0.1) is 12.6 Å². The molecule has 17 heavy (non-hydrogen) atoms. The van der Waals surface area contributed by atoms with Gasteiger partial charge in [-0.05, 0) is 31.2 Å². The molecule has 4 saturated heterocycles. The van der Waals surface area contributed by atoms with Crippen LogP contribution in [0.15, 0.2) is 0 Å². The van der Waals surface area contributed by atoms with E-state index < -0.39 is 0 Å². The van der Waals surface area contributed by atoms with E-state index in [4.69, 9.17) is 4.74 Å². The molecule has 4 aliphatic rings. The maximum Gasteiger partial charge on any atom is 0.410 e. The number of amides is 1. The van der Waals surface area contributed by atoms with Crippen LogP contribution >= 0.6 is 0 Å². The van der Waals surface area contributed by atoms with Gasteiger partial charge in [-0.25, -0.2) is 4.79 Å². The van der Waals surface area contributed by atoms with E-state index in [2.05, 4.69) is 11.8 Å². The van der Waals surface area contributed by atoms with E-state index in [0.717, 1.165) is 31.8 Å². The Labute approximate surface area is 103 Å². The summed E-state index contributed by atoms with van der Waals surface area (Å²) in [4.78, 5) is 16.5. The van der Waals surface area contributed by atoms with E-state index in [-0.39, 0.29) is 6.09 Å². The van der Waals surface area contributed by atoms with Crippen molar-refractivity contribution in [2.24, 2.45) is 11.8 Å². The smallest absolute Gasteiger partial charge is 0.410 e. The Morgan fingerprint density at radius 1 is 1.35 bits per heavy atom. The molecule has 0 N–H and O–H groups in total. The van der Waals surface area contributed by atoms with Crippen molar-refractivity contribution in [1.29, 1.82) is 0 Å². The van der Waals surface area contributed by atoms with E-state index >= 15 is 0 Å². The molecule has 4 atom stereocenters. The second-order valence-corrected chi connectivity index (χ2v) is 5.66. The molecule has 4 unspecified atom stereocenters. The normalized spacial score (nSPS) is 38.5. The van der Waals surface area contributed by atoms with Crippen molar-refractivity contribution in [3.8, 4) is 0 Å². The second kappa shape index (κ2) is 4.48. The van der Waals surface area contributed by atoms with E-state index in [1.54, 1.807) is 0 Å². The topological polar surface area (TPSA) is 32.8 Å². The third kappa shape index (κ3) is 1.92. The average molecular weight is 238 g/mol. The van der Waals surface area contributed by atoms with Crippen LogP contribution in [0.4, 0.5) is 4.79 Å². The van der Waals surface area contributed by atoms with Crippen LogP contribution in [0.3, 0.4) is 0 Å². The highest BCUT2D eigenvalue weighted by atomic mass is 16.6. The Hall–Kier alpha value is -0.770. The van der Waals surface area contributed by atoms with Crippen molar-refractivity contribution >= 4 is 6.09 Å². The van der Waals surface area contributed by atoms with Gasteiger partial charge in [0, 0.05) is 19.6 Å². The molecule has 4 bridgehead atoms. The SMILES string of the molecule is CCCCOC(=O)N1CC2CN3CCC2C1C3. The van der Waals surface area contributed by atoms with Crippen LogP contribution in [0, 0.1) is 11.8 Å². The summed E-state index contributed by atoms with van der Waals surface area (Å²) in [5.41, 5.74) is 0. The number of unbranched alkanes of at least 4 members (excludes halogenated alkanes) is 1. The zero-order valence-electron chi connectivity index (χ0n) is 10.6. The van der Waals surface area contributed by atoms with Crippen LogP contribution in [-0.2, 0) is 4.74 Å². The number of ether oxygens (including phenoxy) is 1. The molecule has 0 radical (unpaired) electrons. The number of nitrogens with zero attached hydrogens (tertiary/aromatic N) is 2. The maximum atomic E-state index is 12.0. The average Bonchev–Trinajstić information content (AvgIpc) is 2.62. The number of piperidine rings is 3. The van der Waals surface area contributed by atoms with Gasteiger partial charge in [-0.3, -0.25) is 0 Å². The fourth-order valence-corrected chi connectivity index (χ4v) is 3.71. The zero-order chi connectivity index (χ0) is 11.8. The van der Waals surface area contributed by atoms with Crippen molar-refractivity contribution in [1.82, 2.24) is 9.80 Å². The standard InChI is InChI=1S/C13H22N2O2/c1-2-3-6-17-13(16)15-8-10-7-14-5-4-11(10)12(15)9-14/h10-12H,2-9H2,1H3. The van der Waals surface area contributed by atoms with Gasteiger partial charge < -0.3 is 14.5 Å². The molecule has 1 amide bonds. The number of carbonyl (C=O) groups is 1. The van der Waals surface area contributed by atoms with Gasteiger partial charge in [-0.1, -0.05) is 13.3 Å². The number of rotatable bonds is 3. The third-order valence-corrected chi connectivity index (χ3v) is 4.61. The number of hydrogen-bond acceptors (Lipinski definition) is 3. The number of hydrogen-bond donors (Lipinski definition) is 0. The summed E-state index contributed by atoms with van der Waals surface area (Å²) < 4.78 is 5.35. The molecule has 0 aliphatic carbocycles. The van der Waals surface area contributed by atoms with Gasteiger partial charge in [-0.15, -0.1) is 0 Å². The lowest BCUT2D eigenvalue weighted by molar-refractivity contribution is 0.0418. The first kappa shape index (κ1) is 11.3. The van der Waals surface area contributed by atoms with Crippen LogP contribution in [-0.4, -0.2) is 54.7 Å². The molecular formula is C13H22N2O2. The van der Waals surface area contributed by atoms with Gasteiger partial charge >= 0.3 is 6.09 Å². The van der Waals surface area contributed by atoms with Crippen molar-refractivity contribution in [2.45, 2.75) is 32.2 Å². The van der Waals surface area contributed by atoms with Crippen molar-refractivity contribution in [3.63, 3.8) is 0 Å². The van der Waals surface area contributed by atoms with Crippen LogP contribution in [0.25, 0.3) is 0 Å². The van der Waals surface area contributed by atoms with Gasteiger partial charge in [-0.2, -0.15) is 0 Å². The number of fused-ring (bicyclic) bond motifs is 1. The summed E-state index contributed by atoms with van der Waals surface area (Å²) in [5.74, 6) is 1.46. The molecule has 4 aliphatic heterocycles. The minimum absolute atomic E-state index is 0.0697. The molecule has 0 aromatic carbocycles. The first-order chi connectivity index (χ1) is 8.29. The lowest BCUT2D eigenvalue weighted by Crippen LogP contribution is -2.54. The molecule has 4 rings (SSSR count). The quantitative estimate of drug-likeness (QED) is 0.700. The van der Waals surface area contributed by atoms with Crippen LogP contribution in [0.2, 0.25) is 0 Å². The predicted molar refractivity (Wildman–Crippen MR) is 64.8 cm³/mol. The molecule has 4 fully saturated rings. The minimum Gasteiger partial charge on any atom is -0.449 e. The minimum atomic E-state index is -0.0697. The van der Waals surface area contributed by atoms with E-state index in [9.17, 15) is 4.79 Å². The Balaban J connectivity index is 1.60. The molecule has 0 aromatic rings. The summed E-state index contributed by atoms with van der Waals surface area (Å²) in [5, 5.41) is 0. The predicted octanol–water partition coefficient (Wildman–Crippen LogP) is 1.56. The molecule has 4 heteroatoms. The number of carbonyl (C=O) groups excluding carboxylic acids is 1. The number of likely N-dealkylation sites (tertiary alicyclic amines) is 1. The fraction of sp³-hybridized carbons (Fsp3) is 0.923. The lowest BCUT2D eigenvalue weighted by Gasteiger charge is -2.44. The largest absolute Gasteiger partial charge is 0.449 e. The fourth-order valence-electron chi connectivity index (χ4n) is 3.71. The van der Waals surface area contributed by atoms with Crippen LogP contribution in [0.1, 0.15) is 26.2 Å². The summed E-state index contributed by atoms with van der Waals surface area (Å²) in [6.07, 6.45) is 3.26. The molecule has 4 nitrogen and oxygen atoms in total. The van der Waals surface area contributed by atoms with E-state index in [1.165, 1.54) is 19.5 Å². The Bertz CT molecular complexity index is 308. The lowest BCUT2D eigenvalue weighted by atomic mass is 9.80. The highest BCUT2D eigenvalue weighted by Gasteiger charge is 2.51. The maximum absolute atomic E-state index is 12.0. The molecule has 0 spiro atoms. The summed E-state index contributed by atoms with van der Waals surface area (Å²) >= 11 is 0. The van der Waals surface area contributed by atoms with Crippen molar-refractivity contribution < 1.29 is 9.53 Å². The zero-order valence-corrected chi connectivity index (χ0v) is 10.6. The Morgan fingerprint density at radius 2 is 2.24 bits per heavy atom. The highest BCUT2D eigenvalue weighted by molar-refractivity contribution is 5.68.